The average Bonchev–Trinajstić information content (AvgIpc) is 2.67. The van der Waals surface area contributed by atoms with Gasteiger partial charge in [0.05, 0.1) is 28.6 Å². The third kappa shape index (κ3) is 6.07. The molecule has 30 heavy (non-hydrogen) atoms. The van der Waals surface area contributed by atoms with E-state index in [0.717, 1.165) is 28.1 Å². The number of nitrogens with two attached hydrogens (primary N) is 1. The zero-order chi connectivity index (χ0) is 22.5. The minimum absolute atomic E-state index is 0.223. The number of aliphatic hydroxyl groups is 1. The Balaban J connectivity index is 2.27. The van der Waals surface area contributed by atoms with Gasteiger partial charge in [-0.2, -0.15) is 4.31 Å². The molecule has 0 aliphatic carbocycles. The van der Waals surface area contributed by atoms with Gasteiger partial charge in [-0.15, -0.1) is 0 Å². The molecule has 0 spiro atoms. The van der Waals surface area contributed by atoms with Gasteiger partial charge in [-0.1, -0.05) is 41.9 Å². The number of sulfonamides is 1. The van der Waals surface area contributed by atoms with Crippen molar-refractivity contribution in [2.45, 2.75) is 30.4 Å². The first-order chi connectivity index (χ1) is 14.0. The monoisotopic (exact) mass is 455 g/mol. The van der Waals surface area contributed by atoms with Gasteiger partial charge in [0.25, 0.3) is 5.69 Å². The summed E-state index contributed by atoms with van der Waals surface area (Å²) in [5, 5.41) is 20.2. The van der Waals surface area contributed by atoms with Gasteiger partial charge in [0, 0.05) is 18.7 Å². The highest BCUT2D eigenvalue weighted by atomic mass is 35.5. The smallest absolute Gasteiger partial charge is 0.271 e. The highest BCUT2D eigenvalue weighted by Gasteiger charge is 2.31. The van der Waals surface area contributed by atoms with Crippen molar-refractivity contribution < 1.29 is 23.2 Å². The number of non-ortho nitro benzene ring substituents is 1. The molecule has 162 valence electrons. The Kier molecular flexibility index (Phi) is 8.04. The van der Waals surface area contributed by atoms with Crippen molar-refractivity contribution in [1.29, 1.82) is 0 Å². The quantitative estimate of drug-likeness (QED) is 0.410. The third-order valence-electron chi connectivity index (χ3n) is 4.26. The molecule has 0 aliphatic heterocycles. The van der Waals surface area contributed by atoms with Crippen molar-refractivity contribution in [3.05, 3.63) is 69.2 Å². The summed E-state index contributed by atoms with van der Waals surface area (Å²) < 4.78 is 26.9. The van der Waals surface area contributed by atoms with Crippen LogP contribution in [0, 0.1) is 10.1 Å². The number of halogens is 1. The predicted octanol–water partition coefficient (Wildman–Crippen LogP) is 1.76. The first kappa shape index (κ1) is 23.9. The van der Waals surface area contributed by atoms with E-state index in [9.17, 15) is 28.4 Å². The van der Waals surface area contributed by atoms with Gasteiger partial charge in [-0.25, -0.2) is 8.42 Å². The van der Waals surface area contributed by atoms with Gasteiger partial charge in [0.1, 0.15) is 4.90 Å². The van der Waals surface area contributed by atoms with E-state index in [0.29, 0.717) is 0 Å². The summed E-state index contributed by atoms with van der Waals surface area (Å²) >= 11 is 5.96. The number of rotatable bonds is 10. The number of aliphatic hydroxyl groups excluding tert-OH is 1. The Morgan fingerprint density at radius 1 is 1.27 bits per heavy atom. The summed E-state index contributed by atoms with van der Waals surface area (Å²) in [5.41, 5.74) is 6.41. The lowest BCUT2D eigenvalue weighted by Gasteiger charge is -2.24. The second-order valence-electron chi connectivity index (χ2n) is 6.78. The van der Waals surface area contributed by atoms with Crippen LogP contribution in [0.2, 0.25) is 5.02 Å². The number of hydrogen-bond donors (Lipinski definition) is 2. The molecule has 11 heteroatoms. The maximum atomic E-state index is 13.1. The van der Waals surface area contributed by atoms with Gasteiger partial charge in [-0.3, -0.25) is 14.9 Å². The van der Waals surface area contributed by atoms with Crippen LogP contribution in [0.3, 0.4) is 0 Å². The van der Waals surface area contributed by atoms with E-state index in [-0.39, 0.29) is 23.7 Å². The summed E-state index contributed by atoms with van der Waals surface area (Å²) in [4.78, 5) is 22.4. The Morgan fingerprint density at radius 2 is 1.90 bits per heavy atom. The molecule has 9 nitrogen and oxygen atoms in total. The van der Waals surface area contributed by atoms with Crippen LogP contribution in [0.4, 0.5) is 5.69 Å². The van der Waals surface area contributed by atoms with Crippen molar-refractivity contribution in [1.82, 2.24) is 4.31 Å². The van der Waals surface area contributed by atoms with Gasteiger partial charge in [0.2, 0.25) is 10.0 Å². The highest BCUT2D eigenvalue weighted by molar-refractivity contribution is 7.89. The van der Waals surface area contributed by atoms with Crippen molar-refractivity contribution in [2.24, 2.45) is 5.73 Å². The number of benzene rings is 2. The molecular formula is C19H22ClN3O6S. The van der Waals surface area contributed by atoms with Crippen LogP contribution in [-0.4, -0.2) is 53.8 Å². The summed E-state index contributed by atoms with van der Waals surface area (Å²) in [7, 11) is -4.33. The van der Waals surface area contributed by atoms with Gasteiger partial charge in [0.15, 0.2) is 5.78 Å². The second-order valence-corrected chi connectivity index (χ2v) is 9.09. The van der Waals surface area contributed by atoms with Gasteiger partial charge in [-0.05, 0) is 25.0 Å². The fourth-order valence-electron chi connectivity index (χ4n) is 2.77. The topological polar surface area (TPSA) is 144 Å². The van der Waals surface area contributed by atoms with Crippen LogP contribution in [0.15, 0.2) is 53.4 Å². The van der Waals surface area contributed by atoms with Gasteiger partial charge < -0.3 is 10.8 Å². The van der Waals surface area contributed by atoms with Crippen molar-refractivity contribution >= 4 is 33.1 Å². The number of ketones is 1. The van der Waals surface area contributed by atoms with E-state index in [1.54, 1.807) is 24.3 Å². The highest BCUT2D eigenvalue weighted by Crippen LogP contribution is 2.28. The molecule has 2 rings (SSSR count). The normalized spacial score (nSPS) is 13.8. The van der Waals surface area contributed by atoms with Gasteiger partial charge >= 0.3 is 0 Å². The fraction of sp³-hybridized carbons (Fsp3) is 0.316. The summed E-state index contributed by atoms with van der Waals surface area (Å²) in [5.74, 6) is -0.541. The maximum Gasteiger partial charge on any atom is 0.271 e. The maximum absolute atomic E-state index is 13.1. The molecule has 2 aromatic rings. The summed E-state index contributed by atoms with van der Waals surface area (Å²) in [6.07, 6.45) is -0.852. The number of nitro benzene ring substituents is 1. The molecule has 0 radical (unpaired) electrons. The lowest BCUT2D eigenvalue weighted by Crippen LogP contribution is -2.45. The number of carbonyl (C=O) groups is 1. The molecule has 0 amide bonds. The zero-order valence-electron chi connectivity index (χ0n) is 16.1. The SMILES string of the molecule is C[C@H](O)CN(CC(=O)[C@@H](N)Cc1ccccc1)S(=O)(=O)c1ccc([N+](=O)[O-])cc1Cl. The molecule has 2 aromatic carbocycles. The third-order valence-corrected chi connectivity index (χ3v) is 6.55. The number of Topliss-reactive ketones (excluding diaryl/α,β-unsaturated/α-hetero) is 1. The van der Waals surface area contributed by atoms with Crippen LogP contribution < -0.4 is 5.73 Å². The summed E-state index contributed by atoms with van der Waals surface area (Å²) in [6, 6.07) is 11.0. The summed E-state index contributed by atoms with van der Waals surface area (Å²) in [6.45, 7) is 0.419. The molecule has 0 aromatic heterocycles. The minimum Gasteiger partial charge on any atom is -0.392 e. The number of carbonyl (C=O) groups excluding carboxylic acids is 1. The first-order valence-corrected chi connectivity index (χ1v) is 10.8. The van der Waals surface area contributed by atoms with E-state index >= 15 is 0 Å². The fourth-order valence-corrected chi connectivity index (χ4v) is 4.77. The molecular weight excluding hydrogens is 434 g/mol. The number of hydrogen-bond acceptors (Lipinski definition) is 7. The molecule has 0 aliphatic rings. The Morgan fingerprint density at radius 3 is 2.43 bits per heavy atom. The molecule has 0 unspecified atom stereocenters. The molecule has 2 atom stereocenters. The minimum atomic E-state index is -4.33. The standard InChI is InChI=1S/C19H22ClN3O6S/c1-13(24)11-22(12-18(25)17(21)9-14-5-3-2-4-6-14)30(28,29)19-8-7-15(23(26)27)10-16(19)20/h2-8,10,13,17,24H,9,11-12,21H2,1H3/t13-,17-/m0/s1. The first-order valence-electron chi connectivity index (χ1n) is 8.96. The van der Waals surface area contributed by atoms with Crippen LogP contribution in [-0.2, 0) is 21.2 Å². The van der Waals surface area contributed by atoms with Crippen LogP contribution >= 0.6 is 11.6 Å². The van der Waals surface area contributed by atoms with E-state index < -0.39 is 44.3 Å². The molecule has 0 bridgehead atoms. The molecule has 0 saturated carbocycles. The van der Waals surface area contributed by atoms with Crippen molar-refractivity contribution in [2.75, 3.05) is 13.1 Å². The Bertz CT molecular complexity index is 1010. The van der Waals surface area contributed by atoms with Crippen molar-refractivity contribution in [3.63, 3.8) is 0 Å². The van der Waals surface area contributed by atoms with Crippen LogP contribution in [0.5, 0.6) is 0 Å². The Hall–Kier alpha value is -2.37. The number of nitro groups is 1. The molecule has 3 N–H and O–H groups in total. The predicted molar refractivity (Wildman–Crippen MR) is 112 cm³/mol. The number of nitrogens with zero attached hydrogens (tertiary/aromatic N) is 2. The van der Waals surface area contributed by atoms with E-state index in [4.69, 9.17) is 17.3 Å². The molecule has 0 saturated heterocycles. The zero-order valence-corrected chi connectivity index (χ0v) is 17.7. The van der Waals surface area contributed by atoms with E-state index in [1.807, 2.05) is 6.07 Å². The second kappa shape index (κ2) is 10.1. The molecule has 0 heterocycles. The van der Waals surface area contributed by atoms with E-state index in [1.165, 1.54) is 6.92 Å². The van der Waals surface area contributed by atoms with Crippen LogP contribution in [0.25, 0.3) is 0 Å². The van der Waals surface area contributed by atoms with Crippen LogP contribution in [0.1, 0.15) is 12.5 Å². The average molecular weight is 456 g/mol. The van der Waals surface area contributed by atoms with E-state index in [2.05, 4.69) is 0 Å². The van der Waals surface area contributed by atoms with Crippen molar-refractivity contribution in [3.8, 4) is 0 Å². The lowest BCUT2D eigenvalue weighted by atomic mass is 10.0. The molecule has 0 fully saturated rings. The largest absolute Gasteiger partial charge is 0.392 e. The lowest BCUT2D eigenvalue weighted by molar-refractivity contribution is -0.384. The Labute approximate surface area is 179 Å².